The molecule has 6 nitrogen and oxygen atoms in total. The number of amides is 2. The molecule has 0 saturated carbocycles. The third kappa shape index (κ3) is 5.95. The van der Waals surface area contributed by atoms with E-state index in [1.54, 1.807) is 0 Å². The fraction of sp³-hybridized carbons (Fsp3) is 0.625. The van der Waals surface area contributed by atoms with Gasteiger partial charge in [0.2, 0.25) is 11.8 Å². The van der Waals surface area contributed by atoms with E-state index >= 15 is 0 Å². The second-order valence-corrected chi connectivity index (χ2v) is 4.41. The van der Waals surface area contributed by atoms with Gasteiger partial charge in [-0.25, -0.2) is 0 Å². The fourth-order valence-electron chi connectivity index (χ4n) is 0.677. The highest BCUT2D eigenvalue weighted by molar-refractivity contribution is 8.00. The number of thioether (sulfide) groups is 1. The molecule has 0 aromatic carbocycles. The van der Waals surface area contributed by atoms with Gasteiger partial charge in [0.05, 0.1) is 11.5 Å². The van der Waals surface area contributed by atoms with Crippen LogP contribution in [-0.2, 0) is 14.4 Å². The average molecular weight is 234 g/mol. The number of carboxylic acid groups (broad SMARTS) is 1. The lowest BCUT2D eigenvalue weighted by Crippen LogP contribution is -2.53. The van der Waals surface area contributed by atoms with Crippen LogP contribution in [0.5, 0.6) is 0 Å². The number of rotatable bonds is 6. The Morgan fingerprint density at radius 1 is 1.33 bits per heavy atom. The number of nitrogens with two attached hydrogens (primary N) is 1. The summed E-state index contributed by atoms with van der Waals surface area (Å²) in [4.78, 5) is 32.2. The van der Waals surface area contributed by atoms with E-state index in [4.69, 9.17) is 10.8 Å². The number of hydrogen-bond acceptors (Lipinski definition) is 4. The number of aliphatic carboxylic acids is 1. The predicted octanol–water partition coefficient (Wildman–Crippen LogP) is -0.816. The zero-order chi connectivity index (χ0) is 12.1. The summed E-state index contributed by atoms with van der Waals surface area (Å²) in [5.74, 6) is -2.20. The van der Waals surface area contributed by atoms with Gasteiger partial charge in [-0.2, -0.15) is 0 Å². The van der Waals surface area contributed by atoms with Crippen LogP contribution in [0.3, 0.4) is 0 Å². The van der Waals surface area contributed by atoms with E-state index in [9.17, 15) is 14.4 Å². The van der Waals surface area contributed by atoms with Crippen molar-refractivity contribution >= 4 is 29.5 Å². The molecule has 0 aromatic rings. The first-order valence-electron chi connectivity index (χ1n) is 4.16. The van der Waals surface area contributed by atoms with Gasteiger partial charge < -0.3 is 16.2 Å². The third-order valence-electron chi connectivity index (χ3n) is 1.53. The number of carboxylic acids is 1. The van der Waals surface area contributed by atoms with Gasteiger partial charge in [-0.15, -0.1) is 11.8 Å². The first-order valence-corrected chi connectivity index (χ1v) is 5.31. The van der Waals surface area contributed by atoms with Gasteiger partial charge in [-0.1, -0.05) is 0 Å². The van der Waals surface area contributed by atoms with Crippen molar-refractivity contribution in [1.82, 2.24) is 5.32 Å². The number of primary amides is 1. The Kier molecular flexibility index (Phi) is 5.13. The van der Waals surface area contributed by atoms with Crippen molar-refractivity contribution in [2.45, 2.75) is 19.4 Å². The van der Waals surface area contributed by atoms with E-state index in [-0.39, 0.29) is 11.5 Å². The molecule has 0 spiro atoms. The lowest BCUT2D eigenvalue weighted by molar-refractivity contribution is -0.134. The molecule has 4 N–H and O–H groups in total. The Bertz CT molecular complexity index is 278. The molecular weight excluding hydrogens is 220 g/mol. The summed E-state index contributed by atoms with van der Waals surface area (Å²) in [5.41, 5.74) is 3.93. The van der Waals surface area contributed by atoms with E-state index < -0.39 is 23.3 Å². The molecular formula is C8H14N2O4S. The van der Waals surface area contributed by atoms with Crippen molar-refractivity contribution in [3.63, 3.8) is 0 Å². The molecule has 0 fully saturated rings. The molecule has 86 valence electrons. The summed E-state index contributed by atoms with van der Waals surface area (Å²) < 4.78 is 0. The van der Waals surface area contributed by atoms with Crippen LogP contribution >= 0.6 is 11.8 Å². The molecule has 0 atom stereocenters. The molecule has 0 aliphatic heterocycles. The van der Waals surface area contributed by atoms with Gasteiger partial charge in [0.25, 0.3) is 0 Å². The van der Waals surface area contributed by atoms with Crippen molar-refractivity contribution < 1.29 is 19.5 Å². The van der Waals surface area contributed by atoms with Crippen LogP contribution in [-0.4, -0.2) is 39.9 Å². The fourth-order valence-corrected chi connectivity index (χ4v) is 1.21. The highest BCUT2D eigenvalue weighted by Crippen LogP contribution is 2.03. The molecule has 0 saturated heterocycles. The Morgan fingerprint density at radius 2 is 1.87 bits per heavy atom. The number of carbonyl (C=O) groups excluding carboxylic acids is 2. The summed E-state index contributed by atoms with van der Waals surface area (Å²) in [6.07, 6.45) is 0. The van der Waals surface area contributed by atoms with Crippen molar-refractivity contribution in [2.75, 3.05) is 11.5 Å². The summed E-state index contributed by atoms with van der Waals surface area (Å²) in [5, 5.41) is 10.7. The SMILES string of the molecule is CC(C)(NC(=O)CSCC(=O)O)C(N)=O. The van der Waals surface area contributed by atoms with Crippen LogP contribution in [0.15, 0.2) is 0 Å². The second kappa shape index (κ2) is 5.59. The normalized spacial score (nSPS) is 10.8. The number of carbonyl (C=O) groups is 3. The highest BCUT2D eigenvalue weighted by atomic mass is 32.2. The summed E-state index contributed by atoms with van der Waals surface area (Å²) >= 11 is 0.958. The van der Waals surface area contributed by atoms with Crippen LogP contribution < -0.4 is 11.1 Å². The van der Waals surface area contributed by atoms with E-state index in [0.29, 0.717) is 0 Å². The molecule has 0 aliphatic carbocycles. The van der Waals surface area contributed by atoms with E-state index in [1.165, 1.54) is 13.8 Å². The Balaban J connectivity index is 3.94. The zero-order valence-corrected chi connectivity index (χ0v) is 9.39. The summed E-state index contributed by atoms with van der Waals surface area (Å²) in [7, 11) is 0. The lowest BCUT2D eigenvalue weighted by Gasteiger charge is -2.21. The van der Waals surface area contributed by atoms with Gasteiger partial charge in [0, 0.05) is 0 Å². The molecule has 15 heavy (non-hydrogen) atoms. The monoisotopic (exact) mass is 234 g/mol. The van der Waals surface area contributed by atoms with Crippen LogP contribution in [0.1, 0.15) is 13.8 Å². The van der Waals surface area contributed by atoms with Gasteiger partial charge in [-0.05, 0) is 13.8 Å². The van der Waals surface area contributed by atoms with Crippen LogP contribution in [0.25, 0.3) is 0 Å². The third-order valence-corrected chi connectivity index (χ3v) is 2.44. The van der Waals surface area contributed by atoms with Crippen molar-refractivity contribution in [3.8, 4) is 0 Å². The molecule has 0 aliphatic rings. The molecule has 2 amide bonds. The Labute approximate surface area is 91.6 Å². The Hall–Kier alpha value is -1.24. The second-order valence-electron chi connectivity index (χ2n) is 3.42. The minimum atomic E-state index is -1.11. The topological polar surface area (TPSA) is 109 Å². The van der Waals surface area contributed by atoms with Crippen molar-refractivity contribution in [2.24, 2.45) is 5.73 Å². The minimum Gasteiger partial charge on any atom is -0.481 e. The molecule has 0 unspecified atom stereocenters. The van der Waals surface area contributed by atoms with E-state index in [2.05, 4.69) is 5.32 Å². The van der Waals surface area contributed by atoms with E-state index in [0.717, 1.165) is 11.8 Å². The van der Waals surface area contributed by atoms with Crippen LogP contribution in [0.2, 0.25) is 0 Å². The first-order chi connectivity index (χ1) is 6.75. The largest absolute Gasteiger partial charge is 0.481 e. The van der Waals surface area contributed by atoms with Crippen molar-refractivity contribution in [1.29, 1.82) is 0 Å². The van der Waals surface area contributed by atoms with Crippen LogP contribution in [0.4, 0.5) is 0 Å². The molecule has 0 rings (SSSR count). The molecule has 0 aromatic heterocycles. The summed E-state index contributed by atoms with van der Waals surface area (Å²) in [6.45, 7) is 2.96. The van der Waals surface area contributed by atoms with E-state index in [1.807, 2.05) is 0 Å². The van der Waals surface area contributed by atoms with Gasteiger partial charge >= 0.3 is 5.97 Å². The van der Waals surface area contributed by atoms with Crippen molar-refractivity contribution in [3.05, 3.63) is 0 Å². The highest BCUT2D eigenvalue weighted by Gasteiger charge is 2.26. The maximum absolute atomic E-state index is 11.2. The smallest absolute Gasteiger partial charge is 0.313 e. The van der Waals surface area contributed by atoms with Crippen LogP contribution in [0, 0.1) is 0 Å². The zero-order valence-electron chi connectivity index (χ0n) is 8.57. The minimum absolute atomic E-state index is 0.0109. The summed E-state index contributed by atoms with van der Waals surface area (Å²) in [6, 6.07) is 0. The van der Waals surface area contributed by atoms with Gasteiger partial charge in [0.15, 0.2) is 0 Å². The lowest BCUT2D eigenvalue weighted by atomic mass is 10.1. The maximum atomic E-state index is 11.2. The molecule has 0 radical (unpaired) electrons. The molecule has 0 bridgehead atoms. The molecule has 7 heteroatoms. The maximum Gasteiger partial charge on any atom is 0.313 e. The average Bonchev–Trinajstić information content (AvgIpc) is 2.01. The van der Waals surface area contributed by atoms with Gasteiger partial charge in [-0.3, -0.25) is 14.4 Å². The molecule has 0 heterocycles. The van der Waals surface area contributed by atoms with Gasteiger partial charge in [0.1, 0.15) is 5.54 Å². The quantitative estimate of drug-likeness (QED) is 0.556. The first kappa shape index (κ1) is 13.8. The standard InChI is InChI=1S/C8H14N2O4S/c1-8(2,7(9)14)10-5(11)3-15-4-6(12)13/h3-4H2,1-2H3,(H2,9,14)(H,10,11)(H,12,13). The Morgan fingerprint density at radius 3 is 2.27 bits per heavy atom. The number of nitrogens with one attached hydrogen (secondary N) is 1. The number of hydrogen-bond donors (Lipinski definition) is 3. The predicted molar refractivity (Wildman–Crippen MR) is 56.4 cm³/mol.